The van der Waals surface area contributed by atoms with E-state index in [0.29, 0.717) is 5.13 Å². The first kappa shape index (κ1) is 13.5. The van der Waals surface area contributed by atoms with E-state index in [1.165, 1.54) is 17.0 Å². The zero-order chi connectivity index (χ0) is 14.9. The number of benzene rings is 1. The van der Waals surface area contributed by atoms with Gasteiger partial charge in [0, 0.05) is 24.3 Å². The van der Waals surface area contributed by atoms with Crippen LogP contribution in [0.2, 0.25) is 0 Å². The van der Waals surface area contributed by atoms with Crippen molar-refractivity contribution < 1.29 is 4.74 Å². The maximum Gasteiger partial charge on any atom is 0.182 e. The van der Waals surface area contributed by atoms with Crippen LogP contribution in [0.3, 0.4) is 0 Å². The van der Waals surface area contributed by atoms with Crippen molar-refractivity contribution in [1.82, 2.24) is 9.97 Å². The van der Waals surface area contributed by atoms with E-state index in [9.17, 15) is 0 Å². The number of nitrogens with zero attached hydrogens (tertiary/aromatic N) is 3. The second kappa shape index (κ2) is 5.55. The number of anilines is 2. The summed E-state index contributed by atoms with van der Waals surface area (Å²) < 4.78 is 5.39. The number of nitrogens with two attached hydrogens (primary N) is 1. The molecule has 0 saturated carbocycles. The lowest BCUT2D eigenvalue weighted by molar-refractivity contribution is 0.122. The molecule has 112 valence electrons. The highest BCUT2D eigenvalue weighted by Gasteiger charge is 2.11. The lowest BCUT2D eigenvalue weighted by atomic mass is 10.1. The first-order chi connectivity index (χ1) is 10.8. The third kappa shape index (κ3) is 2.51. The van der Waals surface area contributed by atoms with Gasteiger partial charge in [0.2, 0.25) is 0 Å². The highest BCUT2D eigenvalue weighted by Crippen LogP contribution is 2.27. The number of pyridine rings is 1. The summed E-state index contributed by atoms with van der Waals surface area (Å²) >= 11 is 1.42. The Morgan fingerprint density at radius 1 is 1.00 bits per heavy atom. The maximum atomic E-state index is 5.73. The van der Waals surface area contributed by atoms with E-state index in [1.807, 2.05) is 12.1 Å². The Kier molecular flexibility index (Phi) is 3.40. The van der Waals surface area contributed by atoms with Gasteiger partial charge in [0.05, 0.1) is 18.9 Å². The van der Waals surface area contributed by atoms with E-state index in [2.05, 4.69) is 39.1 Å². The fourth-order valence-electron chi connectivity index (χ4n) is 2.66. The van der Waals surface area contributed by atoms with Gasteiger partial charge in [-0.3, -0.25) is 0 Å². The summed E-state index contributed by atoms with van der Waals surface area (Å²) in [5.41, 5.74) is 9.87. The number of hydrogen-bond donors (Lipinski definition) is 1. The third-order valence-corrected chi connectivity index (χ3v) is 4.61. The highest BCUT2D eigenvalue weighted by atomic mass is 32.1. The summed E-state index contributed by atoms with van der Waals surface area (Å²) in [6.45, 7) is 3.49. The van der Waals surface area contributed by atoms with Crippen LogP contribution in [0.15, 0.2) is 36.4 Å². The van der Waals surface area contributed by atoms with E-state index in [1.54, 1.807) is 0 Å². The predicted octanol–water partition coefficient (Wildman–Crippen LogP) is 2.78. The van der Waals surface area contributed by atoms with E-state index in [4.69, 9.17) is 10.5 Å². The summed E-state index contributed by atoms with van der Waals surface area (Å²) in [6.07, 6.45) is 0. The summed E-state index contributed by atoms with van der Waals surface area (Å²) in [7, 11) is 0. The molecule has 1 saturated heterocycles. The largest absolute Gasteiger partial charge is 0.378 e. The summed E-state index contributed by atoms with van der Waals surface area (Å²) in [6, 6.07) is 12.5. The number of ether oxygens (including phenoxy) is 1. The van der Waals surface area contributed by atoms with E-state index < -0.39 is 0 Å². The number of nitrogen functional groups attached to an aromatic ring is 1. The summed E-state index contributed by atoms with van der Waals surface area (Å²) in [4.78, 5) is 12.1. The molecule has 1 aromatic carbocycles. The Bertz CT molecular complexity index is 794. The molecule has 0 unspecified atom stereocenters. The predicted molar refractivity (Wildman–Crippen MR) is 90.3 cm³/mol. The van der Waals surface area contributed by atoms with Crippen LogP contribution in [0, 0.1) is 0 Å². The molecule has 0 atom stereocenters. The Labute approximate surface area is 132 Å². The molecular weight excluding hydrogens is 296 g/mol. The van der Waals surface area contributed by atoms with E-state index >= 15 is 0 Å². The highest BCUT2D eigenvalue weighted by molar-refractivity contribution is 7.21. The van der Waals surface area contributed by atoms with Crippen molar-refractivity contribution in [1.29, 1.82) is 0 Å². The molecule has 2 N–H and O–H groups in total. The Balaban J connectivity index is 1.63. The topological polar surface area (TPSA) is 64.3 Å². The second-order valence-electron chi connectivity index (χ2n) is 5.22. The van der Waals surface area contributed by atoms with E-state index in [0.717, 1.165) is 47.9 Å². The minimum Gasteiger partial charge on any atom is -0.378 e. The Morgan fingerprint density at radius 3 is 2.55 bits per heavy atom. The molecule has 0 bridgehead atoms. The molecule has 5 nitrogen and oxygen atoms in total. The van der Waals surface area contributed by atoms with Crippen LogP contribution < -0.4 is 10.6 Å². The second-order valence-corrected chi connectivity index (χ2v) is 6.23. The van der Waals surface area contributed by atoms with Crippen LogP contribution in [0.4, 0.5) is 10.8 Å². The molecule has 0 radical (unpaired) electrons. The standard InChI is InChI=1S/C16H16N4OS/c17-16-19-14-6-5-13(18-15(14)22-16)11-1-3-12(4-2-11)20-7-9-21-10-8-20/h1-6H,7-10H2,(H2,17,19). The van der Waals surface area contributed by atoms with Gasteiger partial charge in [-0.2, -0.15) is 0 Å². The van der Waals surface area contributed by atoms with Gasteiger partial charge in [-0.25, -0.2) is 9.97 Å². The quantitative estimate of drug-likeness (QED) is 0.788. The Hall–Kier alpha value is -2.18. The fourth-order valence-corrected chi connectivity index (χ4v) is 3.36. The minimum absolute atomic E-state index is 0.558. The molecule has 2 aromatic heterocycles. The van der Waals surface area contributed by atoms with Crippen LogP contribution in [0.1, 0.15) is 0 Å². The van der Waals surface area contributed by atoms with Gasteiger partial charge in [-0.1, -0.05) is 23.5 Å². The number of thiazole rings is 1. The van der Waals surface area contributed by atoms with Crippen molar-refractivity contribution in [3.05, 3.63) is 36.4 Å². The van der Waals surface area contributed by atoms with Crippen molar-refractivity contribution in [2.24, 2.45) is 0 Å². The van der Waals surface area contributed by atoms with Crippen LogP contribution in [-0.4, -0.2) is 36.3 Å². The molecule has 3 heterocycles. The molecule has 4 rings (SSSR count). The van der Waals surface area contributed by atoms with Gasteiger partial charge in [0.15, 0.2) is 5.13 Å². The first-order valence-corrected chi connectivity index (χ1v) is 8.07. The zero-order valence-electron chi connectivity index (χ0n) is 12.0. The van der Waals surface area contributed by atoms with Crippen LogP contribution in [0.5, 0.6) is 0 Å². The van der Waals surface area contributed by atoms with Gasteiger partial charge in [-0.05, 0) is 24.3 Å². The Morgan fingerprint density at radius 2 is 1.77 bits per heavy atom. The number of rotatable bonds is 2. The average molecular weight is 312 g/mol. The number of hydrogen-bond acceptors (Lipinski definition) is 6. The molecule has 22 heavy (non-hydrogen) atoms. The van der Waals surface area contributed by atoms with Crippen molar-refractivity contribution in [3.8, 4) is 11.3 Å². The van der Waals surface area contributed by atoms with Gasteiger partial charge >= 0.3 is 0 Å². The van der Waals surface area contributed by atoms with Crippen molar-refractivity contribution in [2.75, 3.05) is 36.9 Å². The molecule has 3 aromatic rings. The van der Waals surface area contributed by atoms with Gasteiger partial charge < -0.3 is 15.4 Å². The van der Waals surface area contributed by atoms with Crippen LogP contribution in [-0.2, 0) is 4.74 Å². The number of fused-ring (bicyclic) bond motifs is 1. The molecule has 0 aliphatic carbocycles. The molecule has 0 amide bonds. The SMILES string of the molecule is Nc1nc2ccc(-c3ccc(N4CCOCC4)cc3)nc2s1. The normalized spacial score (nSPS) is 15.4. The minimum atomic E-state index is 0.558. The lowest BCUT2D eigenvalue weighted by Gasteiger charge is -2.28. The third-order valence-electron chi connectivity index (χ3n) is 3.81. The molecular formula is C16H16N4OS. The maximum absolute atomic E-state index is 5.73. The van der Waals surface area contributed by atoms with Gasteiger partial charge in [0.25, 0.3) is 0 Å². The fraction of sp³-hybridized carbons (Fsp3) is 0.250. The molecule has 0 spiro atoms. The molecule has 6 heteroatoms. The van der Waals surface area contributed by atoms with Crippen molar-refractivity contribution in [2.45, 2.75) is 0 Å². The molecule has 1 aliphatic heterocycles. The summed E-state index contributed by atoms with van der Waals surface area (Å²) in [5, 5.41) is 0.558. The smallest absolute Gasteiger partial charge is 0.182 e. The van der Waals surface area contributed by atoms with E-state index in [-0.39, 0.29) is 0 Å². The van der Waals surface area contributed by atoms with Crippen LogP contribution in [0.25, 0.3) is 21.6 Å². The molecule has 1 fully saturated rings. The summed E-state index contributed by atoms with van der Waals surface area (Å²) in [5.74, 6) is 0. The number of morpholine rings is 1. The number of aromatic nitrogens is 2. The molecule has 1 aliphatic rings. The monoisotopic (exact) mass is 312 g/mol. The lowest BCUT2D eigenvalue weighted by Crippen LogP contribution is -2.36. The van der Waals surface area contributed by atoms with Crippen LogP contribution >= 0.6 is 11.3 Å². The average Bonchev–Trinajstić information content (AvgIpc) is 2.95. The van der Waals surface area contributed by atoms with Crippen molar-refractivity contribution in [3.63, 3.8) is 0 Å². The first-order valence-electron chi connectivity index (χ1n) is 7.26. The zero-order valence-corrected chi connectivity index (χ0v) is 12.8. The van der Waals surface area contributed by atoms with Gasteiger partial charge in [-0.15, -0.1) is 0 Å². The van der Waals surface area contributed by atoms with Gasteiger partial charge in [0.1, 0.15) is 10.3 Å². The van der Waals surface area contributed by atoms with Crippen molar-refractivity contribution >= 4 is 32.5 Å².